The summed E-state index contributed by atoms with van der Waals surface area (Å²) in [6, 6.07) is 15.6. The molecule has 0 heterocycles. The second kappa shape index (κ2) is 8.33. The number of rotatable bonds is 7. The number of nitrogens with two attached hydrogens (primary N) is 1. The van der Waals surface area contributed by atoms with Crippen molar-refractivity contribution >= 4 is 21.7 Å². The molecule has 7 heteroatoms. The van der Waals surface area contributed by atoms with Crippen LogP contribution in [0.4, 0.5) is 5.69 Å². The molecule has 0 spiro atoms. The van der Waals surface area contributed by atoms with Crippen molar-refractivity contribution in [3.05, 3.63) is 65.2 Å². The second-order valence-corrected chi connectivity index (χ2v) is 8.28. The van der Waals surface area contributed by atoms with Crippen molar-refractivity contribution in [2.75, 3.05) is 17.6 Å². The van der Waals surface area contributed by atoms with Gasteiger partial charge in [0.1, 0.15) is 0 Å². The summed E-state index contributed by atoms with van der Waals surface area (Å²) in [6.45, 7) is 0.379. The SMILES string of the molecule is NC(=NCCS(=O)(=O)NCc1ccccc1)Nc1ccc2c(c1)CCC2. The maximum Gasteiger partial charge on any atom is 0.213 e. The van der Waals surface area contributed by atoms with Gasteiger partial charge in [0.25, 0.3) is 0 Å². The third-order valence-corrected chi connectivity index (χ3v) is 5.66. The van der Waals surface area contributed by atoms with Crippen molar-refractivity contribution in [1.82, 2.24) is 4.72 Å². The summed E-state index contributed by atoms with van der Waals surface area (Å²) < 4.78 is 26.6. The van der Waals surface area contributed by atoms with Crippen LogP contribution in [0.2, 0.25) is 0 Å². The predicted molar refractivity (Wildman–Crippen MR) is 106 cm³/mol. The van der Waals surface area contributed by atoms with Gasteiger partial charge in [0.2, 0.25) is 10.0 Å². The predicted octanol–water partition coefficient (Wildman–Crippen LogP) is 2.02. The fraction of sp³-hybridized carbons (Fsp3) is 0.316. The molecule has 0 saturated heterocycles. The molecule has 1 aliphatic rings. The van der Waals surface area contributed by atoms with Gasteiger partial charge in [-0.3, -0.25) is 4.99 Å². The van der Waals surface area contributed by atoms with Crippen molar-refractivity contribution in [3.63, 3.8) is 0 Å². The highest BCUT2D eigenvalue weighted by atomic mass is 32.2. The van der Waals surface area contributed by atoms with Gasteiger partial charge in [-0.1, -0.05) is 36.4 Å². The Bertz CT molecular complexity index is 880. The van der Waals surface area contributed by atoms with Gasteiger partial charge in [-0.2, -0.15) is 0 Å². The van der Waals surface area contributed by atoms with Crippen LogP contribution in [0.3, 0.4) is 0 Å². The number of anilines is 1. The number of hydrogen-bond acceptors (Lipinski definition) is 3. The summed E-state index contributed by atoms with van der Waals surface area (Å²) in [4.78, 5) is 4.12. The van der Waals surface area contributed by atoms with Gasteiger partial charge < -0.3 is 11.1 Å². The van der Waals surface area contributed by atoms with Crippen LogP contribution in [-0.2, 0) is 29.4 Å². The number of nitrogens with one attached hydrogen (secondary N) is 2. The average molecular weight is 372 g/mol. The van der Waals surface area contributed by atoms with E-state index in [2.05, 4.69) is 27.2 Å². The Morgan fingerprint density at radius 1 is 1.08 bits per heavy atom. The zero-order valence-electron chi connectivity index (χ0n) is 14.6. The minimum Gasteiger partial charge on any atom is -0.370 e. The van der Waals surface area contributed by atoms with E-state index in [1.165, 1.54) is 17.5 Å². The highest BCUT2D eigenvalue weighted by Crippen LogP contribution is 2.24. The lowest BCUT2D eigenvalue weighted by atomic mass is 10.1. The van der Waals surface area contributed by atoms with Gasteiger partial charge in [-0.05, 0) is 48.1 Å². The first-order chi connectivity index (χ1) is 12.5. The smallest absolute Gasteiger partial charge is 0.213 e. The molecule has 6 nitrogen and oxygen atoms in total. The van der Waals surface area contributed by atoms with Gasteiger partial charge in [0.05, 0.1) is 12.3 Å². The number of hydrogen-bond donors (Lipinski definition) is 3. The lowest BCUT2D eigenvalue weighted by molar-refractivity contribution is 0.581. The summed E-state index contributed by atoms with van der Waals surface area (Å²) in [5, 5.41) is 3.03. The highest BCUT2D eigenvalue weighted by molar-refractivity contribution is 7.89. The minimum atomic E-state index is -3.40. The van der Waals surface area contributed by atoms with Crippen molar-refractivity contribution in [2.24, 2.45) is 10.7 Å². The maximum absolute atomic E-state index is 12.0. The van der Waals surface area contributed by atoms with Crippen LogP contribution in [0.5, 0.6) is 0 Å². The summed E-state index contributed by atoms with van der Waals surface area (Å²) in [5.41, 5.74) is 10.4. The third kappa shape index (κ3) is 5.31. The summed E-state index contributed by atoms with van der Waals surface area (Å²) >= 11 is 0. The van der Waals surface area contributed by atoms with Crippen LogP contribution in [0.25, 0.3) is 0 Å². The van der Waals surface area contributed by atoms with Crippen molar-refractivity contribution in [2.45, 2.75) is 25.8 Å². The number of nitrogens with zero attached hydrogens (tertiary/aromatic N) is 1. The van der Waals surface area contributed by atoms with E-state index < -0.39 is 10.0 Å². The lowest BCUT2D eigenvalue weighted by Gasteiger charge is -2.08. The Morgan fingerprint density at radius 2 is 1.85 bits per heavy atom. The highest BCUT2D eigenvalue weighted by Gasteiger charge is 2.11. The first-order valence-corrected chi connectivity index (χ1v) is 10.4. The molecule has 26 heavy (non-hydrogen) atoms. The van der Waals surface area contributed by atoms with Crippen LogP contribution in [0.15, 0.2) is 53.5 Å². The molecule has 0 saturated carbocycles. The van der Waals surface area contributed by atoms with Crippen LogP contribution >= 0.6 is 0 Å². The van der Waals surface area contributed by atoms with Gasteiger partial charge in [-0.25, -0.2) is 13.1 Å². The van der Waals surface area contributed by atoms with Crippen LogP contribution in [0, 0.1) is 0 Å². The van der Waals surface area contributed by atoms with Crippen LogP contribution < -0.4 is 15.8 Å². The fourth-order valence-electron chi connectivity index (χ4n) is 2.98. The monoisotopic (exact) mass is 372 g/mol. The molecule has 0 unspecified atom stereocenters. The van der Waals surface area contributed by atoms with Crippen LogP contribution in [-0.4, -0.2) is 26.7 Å². The zero-order chi connectivity index (χ0) is 18.4. The number of aliphatic imine (C=N–C) groups is 1. The standard InChI is InChI=1S/C19H24N4O2S/c20-19(23-18-10-9-16-7-4-8-17(16)13-18)21-11-12-26(24,25)22-14-15-5-2-1-3-6-15/h1-3,5-6,9-10,13,22H,4,7-8,11-12,14H2,(H3,20,21,23). The molecule has 0 bridgehead atoms. The molecule has 0 amide bonds. The fourth-order valence-corrected chi connectivity index (χ4v) is 3.85. The van der Waals surface area contributed by atoms with E-state index in [4.69, 9.17) is 5.73 Å². The number of guanidine groups is 1. The zero-order valence-corrected chi connectivity index (χ0v) is 15.4. The third-order valence-electron chi connectivity index (χ3n) is 4.35. The number of sulfonamides is 1. The molecule has 138 valence electrons. The van der Waals surface area contributed by atoms with E-state index in [0.717, 1.165) is 24.1 Å². The summed E-state index contributed by atoms with van der Waals surface area (Å²) in [5.74, 6) is 0.119. The first kappa shape index (κ1) is 18.4. The molecule has 0 atom stereocenters. The molecule has 1 aliphatic carbocycles. The second-order valence-electron chi connectivity index (χ2n) is 6.35. The van der Waals surface area contributed by atoms with E-state index in [-0.39, 0.29) is 24.8 Å². The molecular formula is C19H24N4O2S. The molecule has 2 aromatic carbocycles. The molecule has 4 N–H and O–H groups in total. The number of benzene rings is 2. The summed E-state index contributed by atoms with van der Waals surface area (Å²) in [6.07, 6.45) is 3.41. The van der Waals surface area contributed by atoms with E-state index in [0.29, 0.717) is 0 Å². The van der Waals surface area contributed by atoms with Gasteiger partial charge in [0.15, 0.2) is 5.96 Å². The lowest BCUT2D eigenvalue weighted by Crippen LogP contribution is -2.28. The maximum atomic E-state index is 12.0. The normalized spacial score (nSPS) is 14.2. The molecule has 0 aliphatic heterocycles. The molecule has 0 fully saturated rings. The van der Waals surface area contributed by atoms with E-state index >= 15 is 0 Å². The Balaban J connectivity index is 1.47. The Morgan fingerprint density at radius 3 is 2.65 bits per heavy atom. The number of fused-ring (bicyclic) bond motifs is 1. The average Bonchev–Trinajstić information content (AvgIpc) is 3.08. The summed E-state index contributed by atoms with van der Waals surface area (Å²) in [7, 11) is -3.40. The first-order valence-electron chi connectivity index (χ1n) is 8.72. The molecule has 2 aromatic rings. The van der Waals surface area contributed by atoms with Crippen molar-refractivity contribution < 1.29 is 8.42 Å². The van der Waals surface area contributed by atoms with E-state index in [9.17, 15) is 8.42 Å². The van der Waals surface area contributed by atoms with Gasteiger partial charge in [0, 0.05) is 12.2 Å². The van der Waals surface area contributed by atoms with Gasteiger partial charge in [-0.15, -0.1) is 0 Å². The van der Waals surface area contributed by atoms with E-state index in [1.807, 2.05) is 36.4 Å². The molecule has 0 aromatic heterocycles. The molecule has 0 radical (unpaired) electrons. The minimum absolute atomic E-state index is 0.105. The van der Waals surface area contributed by atoms with Crippen molar-refractivity contribution in [3.8, 4) is 0 Å². The Hall–Kier alpha value is -2.38. The van der Waals surface area contributed by atoms with E-state index in [1.54, 1.807) is 0 Å². The Labute approximate surface area is 154 Å². The largest absolute Gasteiger partial charge is 0.370 e. The quantitative estimate of drug-likeness (QED) is 0.512. The van der Waals surface area contributed by atoms with Crippen molar-refractivity contribution in [1.29, 1.82) is 0 Å². The molecular weight excluding hydrogens is 348 g/mol. The molecule has 3 rings (SSSR count). The van der Waals surface area contributed by atoms with Crippen LogP contribution in [0.1, 0.15) is 23.1 Å². The Kier molecular flexibility index (Phi) is 5.90. The van der Waals surface area contributed by atoms with Gasteiger partial charge >= 0.3 is 0 Å². The number of aryl methyl sites for hydroxylation is 2. The topological polar surface area (TPSA) is 96.6 Å².